The average molecular weight is 429 g/mol. The molecule has 0 atom stereocenters. The van der Waals surface area contributed by atoms with Crippen molar-refractivity contribution in [3.05, 3.63) is 64.8 Å². The molecule has 1 fully saturated rings. The van der Waals surface area contributed by atoms with Crippen LogP contribution in [-0.4, -0.2) is 47.1 Å². The molecular formula is C22H22ClFN4O2. The Morgan fingerprint density at radius 3 is 2.60 bits per heavy atom. The molecule has 1 aliphatic heterocycles. The van der Waals surface area contributed by atoms with E-state index in [4.69, 9.17) is 16.1 Å². The summed E-state index contributed by atoms with van der Waals surface area (Å²) in [5.41, 5.74) is 2.96. The van der Waals surface area contributed by atoms with Crippen molar-refractivity contribution >= 4 is 23.2 Å². The minimum atomic E-state index is -0.321. The van der Waals surface area contributed by atoms with Gasteiger partial charge in [0, 0.05) is 55.3 Å². The van der Waals surface area contributed by atoms with Crippen molar-refractivity contribution in [2.45, 2.75) is 19.8 Å². The van der Waals surface area contributed by atoms with E-state index in [1.165, 1.54) is 17.7 Å². The van der Waals surface area contributed by atoms with Crippen molar-refractivity contribution in [3.8, 4) is 11.4 Å². The normalized spacial score (nSPS) is 14.2. The van der Waals surface area contributed by atoms with E-state index in [-0.39, 0.29) is 11.7 Å². The van der Waals surface area contributed by atoms with E-state index >= 15 is 0 Å². The van der Waals surface area contributed by atoms with Gasteiger partial charge in [-0.15, -0.1) is 0 Å². The van der Waals surface area contributed by atoms with E-state index in [0.717, 1.165) is 18.8 Å². The maximum Gasteiger partial charge on any atom is 0.227 e. The number of hydrogen-bond donors (Lipinski definition) is 0. The van der Waals surface area contributed by atoms with Gasteiger partial charge in [-0.25, -0.2) is 4.39 Å². The van der Waals surface area contributed by atoms with Gasteiger partial charge in [0.15, 0.2) is 0 Å². The summed E-state index contributed by atoms with van der Waals surface area (Å²) >= 11 is 6.13. The van der Waals surface area contributed by atoms with Gasteiger partial charge < -0.3 is 14.3 Å². The molecule has 0 aliphatic carbocycles. The standard InChI is InChI=1S/C22H22ClFN4O2/c1-15-2-5-17(23)14-19(15)27-10-12-28(13-11-27)21(29)9-8-20-25-22(26-30-20)16-3-6-18(24)7-4-16/h2-7,14H,8-13H2,1H3. The summed E-state index contributed by atoms with van der Waals surface area (Å²) in [6.07, 6.45) is 0.682. The van der Waals surface area contributed by atoms with Crippen LogP contribution in [0.3, 0.4) is 0 Å². The Bertz CT molecular complexity index is 1030. The van der Waals surface area contributed by atoms with Crippen molar-refractivity contribution in [1.29, 1.82) is 0 Å². The number of aryl methyl sites for hydroxylation is 2. The fourth-order valence-corrected chi connectivity index (χ4v) is 3.73. The molecule has 6 nitrogen and oxygen atoms in total. The molecule has 30 heavy (non-hydrogen) atoms. The predicted molar refractivity (Wildman–Crippen MR) is 113 cm³/mol. The number of nitrogens with zero attached hydrogens (tertiary/aromatic N) is 4. The summed E-state index contributed by atoms with van der Waals surface area (Å²) in [5, 5.41) is 4.63. The predicted octanol–water partition coefficient (Wildman–Crippen LogP) is 4.12. The minimum Gasteiger partial charge on any atom is -0.368 e. The van der Waals surface area contributed by atoms with Crippen molar-refractivity contribution in [2.75, 3.05) is 31.1 Å². The third-order valence-electron chi connectivity index (χ3n) is 5.27. The van der Waals surface area contributed by atoms with Gasteiger partial charge in [-0.05, 0) is 48.9 Å². The van der Waals surface area contributed by atoms with E-state index in [1.807, 2.05) is 23.1 Å². The van der Waals surface area contributed by atoms with E-state index in [0.29, 0.717) is 48.2 Å². The van der Waals surface area contributed by atoms with Crippen LogP contribution in [0.5, 0.6) is 0 Å². The topological polar surface area (TPSA) is 62.5 Å². The fourth-order valence-electron chi connectivity index (χ4n) is 3.56. The molecule has 156 valence electrons. The minimum absolute atomic E-state index is 0.0685. The molecule has 1 amide bonds. The molecule has 4 rings (SSSR count). The van der Waals surface area contributed by atoms with Crippen LogP contribution in [-0.2, 0) is 11.2 Å². The Labute approximate surface area is 179 Å². The van der Waals surface area contributed by atoms with Crippen LogP contribution >= 0.6 is 11.6 Å². The van der Waals surface area contributed by atoms with Crippen molar-refractivity contribution in [3.63, 3.8) is 0 Å². The molecule has 0 bridgehead atoms. The number of benzene rings is 2. The summed E-state index contributed by atoms with van der Waals surface area (Å²) in [6.45, 7) is 4.92. The molecule has 1 aliphatic rings. The highest BCUT2D eigenvalue weighted by Gasteiger charge is 2.22. The van der Waals surface area contributed by atoms with Crippen molar-refractivity contribution in [2.24, 2.45) is 0 Å². The second-order valence-corrected chi connectivity index (χ2v) is 7.75. The van der Waals surface area contributed by atoms with Gasteiger partial charge >= 0.3 is 0 Å². The third kappa shape index (κ3) is 4.62. The Morgan fingerprint density at radius 1 is 1.13 bits per heavy atom. The SMILES string of the molecule is Cc1ccc(Cl)cc1N1CCN(C(=O)CCc2nc(-c3ccc(F)cc3)no2)CC1. The molecular weight excluding hydrogens is 407 g/mol. The zero-order valence-corrected chi connectivity index (χ0v) is 17.4. The molecule has 0 unspecified atom stereocenters. The second kappa shape index (κ2) is 8.83. The van der Waals surface area contributed by atoms with E-state index in [2.05, 4.69) is 22.0 Å². The number of carbonyl (C=O) groups excluding carboxylic acids is 1. The number of carbonyl (C=O) groups is 1. The van der Waals surface area contributed by atoms with Crippen LogP contribution in [0.4, 0.5) is 10.1 Å². The molecule has 0 radical (unpaired) electrons. The molecule has 3 aromatic rings. The van der Waals surface area contributed by atoms with Gasteiger partial charge in [0.25, 0.3) is 0 Å². The molecule has 1 aromatic heterocycles. The summed E-state index contributed by atoms with van der Waals surface area (Å²) in [5.74, 6) is 0.538. The summed E-state index contributed by atoms with van der Waals surface area (Å²) < 4.78 is 18.3. The van der Waals surface area contributed by atoms with Gasteiger partial charge in [-0.3, -0.25) is 4.79 Å². The van der Waals surface area contributed by atoms with Crippen LogP contribution in [0, 0.1) is 12.7 Å². The average Bonchev–Trinajstić information content (AvgIpc) is 3.23. The van der Waals surface area contributed by atoms with Crippen LogP contribution in [0.2, 0.25) is 5.02 Å². The van der Waals surface area contributed by atoms with Gasteiger partial charge in [0.2, 0.25) is 17.6 Å². The molecule has 8 heteroatoms. The summed E-state index contributed by atoms with van der Waals surface area (Å²) in [4.78, 5) is 21.0. The van der Waals surface area contributed by atoms with Crippen molar-refractivity contribution < 1.29 is 13.7 Å². The Hall–Kier alpha value is -2.93. The zero-order chi connectivity index (χ0) is 21.1. The first-order chi connectivity index (χ1) is 14.5. The second-order valence-electron chi connectivity index (χ2n) is 7.32. The smallest absolute Gasteiger partial charge is 0.227 e. The number of halogens is 2. The molecule has 0 saturated carbocycles. The highest BCUT2D eigenvalue weighted by Crippen LogP contribution is 2.25. The Morgan fingerprint density at radius 2 is 1.87 bits per heavy atom. The van der Waals surface area contributed by atoms with E-state index < -0.39 is 0 Å². The number of amides is 1. The molecule has 2 aromatic carbocycles. The van der Waals surface area contributed by atoms with Crippen molar-refractivity contribution in [1.82, 2.24) is 15.0 Å². The van der Waals surface area contributed by atoms with Crippen LogP contribution in [0.15, 0.2) is 47.0 Å². The fraction of sp³-hybridized carbons (Fsp3) is 0.318. The highest BCUT2D eigenvalue weighted by atomic mass is 35.5. The number of aromatic nitrogens is 2. The number of rotatable bonds is 5. The monoisotopic (exact) mass is 428 g/mol. The van der Waals surface area contributed by atoms with Crippen LogP contribution < -0.4 is 4.90 Å². The van der Waals surface area contributed by atoms with E-state index in [9.17, 15) is 9.18 Å². The molecule has 0 spiro atoms. The summed E-state index contributed by atoms with van der Waals surface area (Å²) in [7, 11) is 0. The Balaban J connectivity index is 1.29. The number of piperazine rings is 1. The third-order valence-corrected chi connectivity index (χ3v) is 5.50. The lowest BCUT2D eigenvalue weighted by Crippen LogP contribution is -2.49. The first kappa shape index (κ1) is 20.3. The number of anilines is 1. The maximum absolute atomic E-state index is 13.0. The highest BCUT2D eigenvalue weighted by molar-refractivity contribution is 6.30. The zero-order valence-electron chi connectivity index (χ0n) is 16.6. The molecule has 0 N–H and O–H groups in total. The first-order valence-electron chi connectivity index (χ1n) is 9.87. The van der Waals surface area contributed by atoms with Crippen LogP contribution in [0.1, 0.15) is 17.9 Å². The maximum atomic E-state index is 13.0. The molecule has 1 saturated heterocycles. The quantitative estimate of drug-likeness (QED) is 0.611. The van der Waals surface area contributed by atoms with Gasteiger partial charge in [0.1, 0.15) is 5.82 Å². The summed E-state index contributed by atoms with van der Waals surface area (Å²) in [6, 6.07) is 11.8. The molecule has 2 heterocycles. The number of hydrogen-bond acceptors (Lipinski definition) is 5. The lowest BCUT2D eigenvalue weighted by Gasteiger charge is -2.37. The van der Waals surface area contributed by atoms with Gasteiger partial charge in [-0.1, -0.05) is 22.8 Å². The lowest BCUT2D eigenvalue weighted by molar-refractivity contribution is -0.131. The Kier molecular flexibility index (Phi) is 5.99. The van der Waals surface area contributed by atoms with Crippen LogP contribution in [0.25, 0.3) is 11.4 Å². The first-order valence-corrected chi connectivity index (χ1v) is 10.2. The van der Waals surface area contributed by atoms with Gasteiger partial charge in [-0.2, -0.15) is 4.98 Å². The van der Waals surface area contributed by atoms with E-state index in [1.54, 1.807) is 12.1 Å². The lowest BCUT2D eigenvalue weighted by atomic mass is 10.1. The largest absolute Gasteiger partial charge is 0.368 e. The van der Waals surface area contributed by atoms with Gasteiger partial charge in [0.05, 0.1) is 0 Å².